The Morgan fingerprint density at radius 2 is 2.00 bits per heavy atom. The van der Waals surface area contributed by atoms with Crippen molar-refractivity contribution in [1.82, 2.24) is 24.9 Å². The smallest absolute Gasteiger partial charge is 0.306 e. The van der Waals surface area contributed by atoms with Crippen molar-refractivity contribution in [2.24, 2.45) is 0 Å². The first kappa shape index (κ1) is 29.7. The third kappa shape index (κ3) is 7.95. The minimum atomic E-state index is -0.226. The van der Waals surface area contributed by atoms with E-state index in [2.05, 4.69) is 33.2 Å². The van der Waals surface area contributed by atoms with Gasteiger partial charge in [0.2, 0.25) is 0 Å². The monoisotopic (exact) mass is 587 g/mol. The summed E-state index contributed by atoms with van der Waals surface area (Å²) in [4.78, 5) is 20.0. The molecule has 0 fully saturated rings. The molecule has 0 radical (unpaired) electrons. The average Bonchev–Trinajstić information content (AvgIpc) is 3.40. The van der Waals surface area contributed by atoms with Crippen molar-refractivity contribution in [2.45, 2.75) is 77.8 Å². The number of nitrogens with zero attached hydrogens (tertiary/aromatic N) is 5. The fraction of sp³-hybridized carbons (Fsp3) is 0.394. The number of esters is 1. The number of carbonyl (C=O) groups is 1. The summed E-state index contributed by atoms with van der Waals surface area (Å²) >= 11 is 6.76. The first-order chi connectivity index (χ1) is 20.5. The Balaban J connectivity index is 1.34. The van der Waals surface area contributed by atoms with E-state index in [1.54, 1.807) is 6.20 Å². The van der Waals surface area contributed by atoms with E-state index in [9.17, 15) is 4.79 Å². The molecule has 4 aromatic rings. The summed E-state index contributed by atoms with van der Waals surface area (Å²) in [6, 6.07) is 19.8. The van der Waals surface area contributed by atoms with Crippen LogP contribution in [0.2, 0.25) is 5.02 Å². The molecule has 2 unspecified atom stereocenters. The van der Waals surface area contributed by atoms with Crippen LogP contribution in [0.4, 0.5) is 0 Å². The predicted octanol–water partition coefficient (Wildman–Crippen LogP) is 6.37. The molecule has 42 heavy (non-hydrogen) atoms. The van der Waals surface area contributed by atoms with Gasteiger partial charge in [-0.1, -0.05) is 66.2 Å². The molecule has 2 aromatic carbocycles. The average molecular weight is 588 g/mol. The van der Waals surface area contributed by atoms with E-state index in [1.807, 2.05) is 72.4 Å². The van der Waals surface area contributed by atoms with Gasteiger partial charge in [-0.05, 0) is 67.0 Å². The molecule has 220 valence electrons. The van der Waals surface area contributed by atoms with Crippen LogP contribution < -0.4 is 4.74 Å². The molecule has 1 aliphatic heterocycles. The zero-order chi connectivity index (χ0) is 29.3. The van der Waals surface area contributed by atoms with Crippen LogP contribution in [0.15, 0.2) is 73.1 Å². The number of aromatic nitrogens is 4. The molecule has 5 rings (SSSR count). The number of aryl methyl sites for hydroxylation is 2. The third-order valence-corrected chi connectivity index (χ3v) is 8.05. The van der Waals surface area contributed by atoms with Crippen molar-refractivity contribution in [2.75, 3.05) is 6.54 Å². The zero-order valence-electron chi connectivity index (χ0n) is 24.3. The van der Waals surface area contributed by atoms with Gasteiger partial charge in [-0.2, -0.15) is 0 Å². The van der Waals surface area contributed by atoms with Crippen molar-refractivity contribution >= 4 is 17.6 Å². The molecule has 9 heteroatoms. The summed E-state index contributed by atoms with van der Waals surface area (Å²) in [6.07, 6.45) is 6.45. The number of carbonyl (C=O) groups excluding carboxylic acids is 1. The van der Waals surface area contributed by atoms with E-state index in [4.69, 9.17) is 21.1 Å². The second kappa shape index (κ2) is 14.4. The number of rotatable bonds is 12. The van der Waals surface area contributed by atoms with Crippen molar-refractivity contribution in [3.8, 4) is 5.75 Å². The Labute approximate surface area is 252 Å². The molecule has 3 heterocycles. The van der Waals surface area contributed by atoms with Crippen LogP contribution in [-0.4, -0.2) is 43.5 Å². The molecular formula is C33H38ClN5O3. The van der Waals surface area contributed by atoms with Crippen LogP contribution in [-0.2, 0) is 42.2 Å². The van der Waals surface area contributed by atoms with Gasteiger partial charge in [-0.15, -0.1) is 5.10 Å². The van der Waals surface area contributed by atoms with Gasteiger partial charge in [0.25, 0.3) is 0 Å². The first-order valence-electron chi connectivity index (χ1n) is 14.7. The lowest BCUT2D eigenvalue weighted by molar-refractivity contribution is -0.145. The highest BCUT2D eigenvalue weighted by molar-refractivity contribution is 6.31. The van der Waals surface area contributed by atoms with Gasteiger partial charge in [0.05, 0.1) is 17.8 Å². The Morgan fingerprint density at radius 3 is 2.79 bits per heavy atom. The first-order valence-corrected chi connectivity index (χ1v) is 15.1. The second-order valence-electron chi connectivity index (χ2n) is 10.8. The van der Waals surface area contributed by atoms with Gasteiger partial charge in [0.1, 0.15) is 18.5 Å². The Kier molecular flexibility index (Phi) is 10.2. The Morgan fingerprint density at radius 1 is 1.14 bits per heavy atom. The molecule has 0 saturated heterocycles. The summed E-state index contributed by atoms with van der Waals surface area (Å²) in [5.41, 5.74) is 4.89. The van der Waals surface area contributed by atoms with Gasteiger partial charge in [0, 0.05) is 43.6 Å². The van der Waals surface area contributed by atoms with Gasteiger partial charge >= 0.3 is 5.97 Å². The molecule has 2 aromatic heterocycles. The standard InChI is InChI=1S/C33H38ClN5O3/c1-3-29-21-38(22-31-32(42-29)11-8-16-35-31)19-27-17-25(13-15-30(27)34)26(12-14-28-20-39(4-2)37-36-28)18-33(40)41-23-24-9-6-5-7-10-24/h5-11,13,15-17,20,26,29H,3-4,12,14,18-19,21-23H2,1-2H3. The molecule has 8 nitrogen and oxygen atoms in total. The van der Waals surface area contributed by atoms with E-state index in [1.165, 1.54) is 0 Å². The summed E-state index contributed by atoms with van der Waals surface area (Å²) in [5.74, 6) is 0.561. The number of benzene rings is 2. The number of pyridine rings is 1. The molecule has 2 atom stereocenters. The third-order valence-electron chi connectivity index (χ3n) is 7.68. The molecule has 0 spiro atoms. The normalized spacial score (nSPS) is 15.8. The van der Waals surface area contributed by atoms with E-state index < -0.39 is 0 Å². The topological polar surface area (TPSA) is 82.4 Å². The van der Waals surface area contributed by atoms with Gasteiger partial charge < -0.3 is 9.47 Å². The maximum Gasteiger partial charge on any atom is 0.306 e. The van der Waals surface area contributed by atoms with E-state index >= 15 is 0 Å². The largest absolute Gasteiger partial charge is 0.487 e. The van der Waals surface area contributed by atoms with Crippen LogP contribution >= 0.6 is 11.6 Å². The van der Waals surface area contributed by atoms with Crippen LogP contribution in [0.5, 0.6) is 5.75 Å². The predicted molar refractivity (Wildman–Crippen MR) is 162 cm³/mol. The van der Waals surface area contributed by atoms with Gasteiger partial charge in [-0.25, -0.2) is 0 Å². The SMILES string of the molecule is CCC1CN(Cc2cc(C(CCc3cn(CC)nn3)CC(=O)OCc3ccccc3)ccc2Cl)Cc2ncccc2O1. The molecule has 0 amide bonds. The highest BCUT2D eigenvalue weighted by Gasteiger charge is 2.24. The van der Waals surface area contributed by atoms with E-state index in [-0.39, 0.29) is 31.0 Å². The molecular weight excluding hydrogens is 550 g/mol. The van der Waals surface area contributed by atoms with Crippen LogP contribution in [0.1, 0.15) is 67.1 Å². The number of hydrogen-bond acceptors (Lipinski definition) is 7. The van der Waals surface area contributed by atoms with Crippen molar-refractivity contribution in [1.29, 1.82) is 0 Å². The minimum absolute atomic E-state index is 0.0608. The fourth-order valence-corrected chi connectivity index (χ4v) is 5.47. The summed E-state index contributed by atoms with van der Waals surface area (Å²) in [7, 11) is 0. The van der Waals surface area contributed by atoms with Crippen molar-refractivity contribution in [3.05, 3.63) is 106 Å². The van der Waals surface area contributed by atoms with Gasteiger partial charge in [-0.3, -0.25) is 19.4 Å². The maximum atomic E-state index is 13.0. The number of ether oxygens (including phenoxy) is 2. The molecule has 1 aliphatic rings. The fourth-order valence-electron chi connectivity index (χ4n) is 5.29. The lowest BCUT2D eigenvalue weighted by Gasteiger charge is -2.24. The Bertz CT molecular complexity index is 1460. The summed E-state index contributed by atoms with van der Waals surface area (Å²) < 4.78 is 13.7. The Hall–Kier alpha value is -3.75. The van der Waals surface area contributed by atoms with E-state index in [0.717, 1.165) is 59.8 Å². The highest BCUT2D eigenvalue weighted by Crippen LogP contribution is 2.31. The number of fused-ring (bicyclic) bond motifs is 1. The summed E-state index contributed by atoms with van der Waals surface area (Å²) in [6.45, 7) is 7.30. The lowest BCUT2D eigenvalue weighted by Crippen LogP contribution is -2.32. The van der Waals surface area contributed by atoms with Crippen molar-refractivity contribution < 1.29 is 14.3 Å². The summed E-state index contributed by atoms with van der Waals surface area (Å²) in [5, 5.41) is 9.19. The molecule has 0 aliphatic carbocycles. The molecule has 0 saturated carbocycles. The minimum Gasteiger partial charge on any atom is -0.487 e. The molecule has 0 bridgehead atoms. The van der Waals surface area contributed by atoms with Crippen molar-refractivity contribution in [3.63, 3.8) is 0 Å². The quantitative estimate of drug-likeness (QED) is 0.178. The second-order valence-corrected chi connectivity index (χ2v) is 11.2. The van der Waals surface area contributed by atoms with Crippen LogP contribution in [0.3, 0.4) is 0 Å². The molecule has 0 N–H and O–H groups in total. The lowest BCUT2D eigenvalue weighted by atomic mass is 9.89. The highest BCUT2D eigenvalue weighted by atomic mass is 35.5. The number of halogens is 1. The maximum absolute atomic E-state index is 13.0. The van der Waals surface area contributed by atoms with Crippen LogP contribution in [0, 0.1) is 0 Å². The van der Waals surface area contributed by atoms with Crippen LogP contribution in [0.25, 0.3) is 0 Å². The zero-order valence-corrected chi connectivity index (χ0v) is 25.0. The number of hydrogen-bond donors (Lipinski definition) is 0. The van der Waals surface area contributed by atoms with Gasteiger partial charge in [0.15, 0.2) is 0 Å². The van der Waals surface area contributed by atoms with E-state index in [0.29, 0.717) is 24.5 Å².